The van der Waals surface area contributed by atoms with Crippen LogP contribution in [0.15, 0.2) is 85.2 Å². The highest BCUT2D eigenvalue weighted by molar-refractivity contribution is 5.36. The van der Waals surface area contributed by atoms with Crippen LogP contribution in [0.25, 0.3) is 0 Å². The maximum absolute atomic E-state index is 5.63. The summed E-state index contributed by atoms with van der Waals surface area (Å²) in [4.78, 5) is 9.09. The minimum atomic E-state index is 0.355. The van der Waals surface area contributed by atoms with Crippen molar-refractivity contribution in [1.82, 2.24) is 9.97 Å². The fraction of sp³-hybridized carbons (Fsp3) is 0.405. The maximum Gasteiger partial charge on any atom is 0.119 e. The van der Waals surface area contributed by atoms with Gasteiger partial charge in [-0.05, 0) is 84.8 Å². The quantitative estimate of drug-likeness (QED) is 0.166. The minimum absolute atomic E-state index is 0.355. The number of hydrogen-bond acceptors (Lipinski definition) is 4. The molecule has 2 heterocycles. The van der Waals surface area contributed by atoms with Gasteiger partial charge in [-0.2, -0.15) is 0 Å². The zero-order valence-corrected chi connectivity index (χ0v) is 25.9. The normalized spacial score (nSPS) is 12.1. The van der Waals surface area contributed by atoms with Gasteiger partial charge in [0.1, 0.15) is 11.5 Å². The molecule has 2 aromatic heterocycles. The molecule has 0 amide bonds. The van der Waals surface area contributed by atoms with Crippen LogP contribution in [0, 0.1) is 0 Å². The first-order valence-corrected chi connectivity index (χ1v) is 15.3. The first-order valence-electron chi connectivity index (χ1n) is 15.3. The molecule has 2 aromatic carbocycles. The Labute approximate surface area is 248 Å². The van der Waals surface area contributed by atoms with Crippen molar-refractivity contribution in [3.8, 4) is 11.5 Å². The monoisotopic (exact) mass is 552 g/mol. The van der Waals surface area contributed by atoms with Gasteiger partial charge in [-0.3, -0.25) is 9.97 Å². The van der Waals surface area contributed by atoms with Crippen LogP contribution in [0.4, 0.5) is 0 Å². The van der Waals surface area contributed by atoms with Crippen LogP contribution >= 0.6 is 0 Å². The van der Waals surface area contributed by atoms with Crippen LogP contribution in [-0.4, -0.2) is 23.2 Å². The number of ether oxygens (including phenoxy) is 2. The second-order valence-corrected chi connectivity index (χ2v) is 10.5. The van der Waals surface area contributed by atoms with Crippen LogP contribution in [0.5, 0.6) is 11.5 Å². The smallest absolute Gasteiger partial charge is 0.119 e. The Morgan fingerprint density at radius 3 is 1.27 bits per heavy atom. The number of pyridine rings is 2. The summed E-state index contributed by atoms with van der Waals surface area (Å²) < 4.78 is 11.1. The molecule has 0 saturated carbocycles. The summed E-state index contributed by atoms with van der Waals surface area (Å²) in [6.07, 6.45) is 9.44. The summed E-state index contributed by atoms with van der Waals surface area (Å²) >= 11 is 0. The van der Waals surface area contributed by atoms with E-state index >= 15 is 0 Å². The summed E-state index contributed by atoms with van der Waals surface area (Å²) in [6.45, 7) is 14.4. The van der Waals surface area contributed by atoms with Gasteiger partial charge in [0.25, 0.3) is 0 Å². The number of rotatable bonds is 13. The van der Waals surface area contributed by atoms with Crippen molar-refractivity contribution in [2.24, 2.45) is 0 Å². The molecule has 2 unspecified atom stereocenters. The Hall–Kier alpha value is -3.66. The molecular weight excluding hydrogens is 504 g/mol. The summed E-state index contributed by atoms with van der Waals surface area (Å²) in [5, 5.41) is 0. The Kier molecular flexibility index (Phi) is 13.4. The van der Waals surface area contributed by atoms with Crippen LogP contribution in [0.1, 0.15) is 106 Å². The van der Waals surface area contributed by atoms with Crippen molar-refractivity contribution in [1.29, 1.82) is 0 Å². The van der Waals surface area contributed by atoms with Gasteiger partial charge in [-0.1, -0.05) is 83.9 Å². The molecule has 0 saturated heterocycles. The number of nitrogens with zero attached hydrogens (tertiary/aromatic N) is 2. The first-order chi connectivity index (χ1) is 20.0. The highest BCUT2D eigenvalue weighted by Gasteiger charge is 2.10. The fourth-order valence-corrected chi connectivity index (χ4v) is 4.67. The lowest BCUT2D eigenvalue weighted by Gasteiger charge is -2.13. The molecule has 0 bridgehead atoms. The highest BCUT2D eigenvalue weighted by atomic mass is 16.5. The van der Waals surface area contributed by atoms with Crippen LogP contribution in [0.3, 0.4) is 0 Å². The maximum atomic E-state index is 5.63. The molecule has 0 fully saturated rings. The third-order valence-corrected chi connectivity index (χ3v) is 7.25. The van der Waals surface area contributed by atoms with Crippen LogP contribution in [0.2, 0.25) is 0 Å². The van der Waals surface area contributed by atoms with E-state index in [-0.39, 0.29) is 0 Å². The van der Waals surface area contributed by atoms with Gasteiger partial charge in [0.05, 0.1) is 13.2 Å². The summed E-state index contributed by atoms with van der Waals surface area (Å²) in [5.74, 6) is 2.59. The van der Waals surface area contributed by atoms with Crippen molar-refractivity contribution < 1.29 is 9.47 Å². The van der Waals surface area contributed by atoms with Gasteiger partial charge in [0.15, 0.2) is 0 Å². The Morgan fingerprint density at radius 1 is 0.512 bits per heavy atom. The lowest BCUT2D eigenvalue weighted by molar-refractivity contribution is 0.317. The van der Waals surface area contributed by atoms with E-state index in [0.717, 1.165) is 50.2 Å². The third-order valence-electron chi connectivity index (χ3n) is 7.25. The van der Waals surface area contributed by atoms with E-state index in [1.807, 2.05) is 31.5 Å². The van der Waals surface area contributed by atoms with Crippen molar-refractivity contribution >= 4 is 0 Å². The largest absolute Gasteiger partial charge is 0.494 e. The van der Waals surface area contributed by atoms with Crippen LogP contribution in [-0.2, 0) is 12.8 Å². The second-order valence-electron chi connectivity index (χ2n) is 10.5. The zero-order chi connectivity index (χ0) is 29.5. The molecule has 218 valence electrons. The molecule has 4 aromatic rings. The van der Waals surface area contributed by atoms with E-state index in [9.17, 15) is 0 Å². The Morgan fingerprint density at radius 2 is 0.927 bits per heavy atom. The summed E-state index contributed by atoms with van der Waals surface area (Å²) in [5.41, 5.74) is 7.46. The molecular formula is C37H48N2O2. The molecule has 0 aliphatic heterocycles. The lowest BCUT2D eigenvalue weighted by Crippen LogP contribution is -1.99. The van der Waals surface area contributed by atoms with E-state index in [4.69, 9.17) is 9.47 Å². The molecule has 0 N–H and O–H groups in total. The van der Waals surface area contributed by atoms with Crippen molar-refractivity contribution in [2.75, 3.05) is 13.2 Å². The van der Waals surface area contributed by atoms with Crippen molar-refractivity contribution in [3.05, 3.63) is 119 Å². The van der Waals surface area contributed by atoms with Gasteiger partial charge in [0.2, 0.25) is 0 Å². The van der Waals surface area contributed by atoms with Crippen molar-refractivity contribution in [2.45, 2.75) is 85.5 Å². The Bertz CT molecular complexity index is 1200. The van der Waals surface area contributed by atoms with Crippen LogP contribution < -0.4 is 9.47 Å². The third kappa shape index (κ3) is 10.0. The van der Waals surface area contributed by atoms with E-state index in [1.54, 1.807) is 0 Å². The molecule has 0 aliphatic carbocycles. The van der Waals surface area contributed by atoms with Gasteiger partial charge < -0.3 is 9.47 Å². The number of aryl methyl sites for hydroxylation is 2. The summed E-state index contributed by atoms with van der Waals surface area (Å²) in [7, 11) is 0. The highest BCUT2D eigenvalue weighted by Crippen LogP contribution is 2.27. The first kappa shape index (κ1) is 31.9. The van der Waals surface area contributed by atoms with E-state index in [0.29, 0.717) is 18.4 Å². The average molecular weight is 553 g/mol. The van der Waals surface area contributed by atoms with Gasteiger partial charge in [0, 0.05) is 35.6 Å². The fourth-order valence-electron chi connectivity index (χ4n) is 4.67. The Balaban J connectivity index is 0.000000226. The number of benzene rings is 2. The standard InChI is InChI=1S/C19H25NO.C18H23NO/c1-4-6-18-10-7-17(14-20-18)15(3)16-8-11-19(12-9-16)21-13-5-2;1-4-6-17-10-7-16(13-19-17)14(3)15-8-11-18(12-9-15)20-5-2/h7-12,14-15H,4-6,13H2,1-3H3;7-14H,4-6H2,1-3H3. The summed E-state index contributed by atoms with van der Waals surface area (Å²) in [6, 6.07) is 25.4. The van der Waals surface area contributed by atoms with E-state index in [1.165, 1.54) is 33.6 Å². The molecule has 0 radical (unpaired) electrons. The topological polar surface area (TPSA) is 44.2 Å². The molecule has 0 spiro atoms. The predicted molar refractivity (Wildman–Crippen MR) is 171 cm³/mol. The predicted octanol–water partition coefficient (Wildman–Crippen LogP) is 9.56. The minimum Gasteiger partial charge on any atom is -0.494 e. The molecule has 4 rings (SSSR count). The molecule has 41 heavy (non-hydrogen) atoms. The van der Waals surface area contributed by atoms with Gasteiger partial charge >= 0.3 is 0 Å². The molecule has 4 nitrogen and oxygen atoms in total. The zero-order valence-electron chi connectivity index (χ0n) is 25.9. The van der Waals surface area contributed by atoms with E-state index < -0.39 is 0 Å². The molecule has 4 heteroatoms. The lowest BCUT2D eigenvalue weighted by atomic mass is 9.94. The second kappa shape index (κ2) is 17.2. The number of hydrogen-bond donors (Lipinski definition) is 0. The van der Waals surface area contributed by atoms with E-state index in [2.05, 4.69) is 105 Å². The van der Waals surface area contributed by atoms with Gasteiger partial charge in [-0.25, -0.2) is 0 Å². The van der Waals surface area contributed by atoms with Gasteiger partial charge in [-0.15, -0.1) is 0 Å². The molecule has 0 aliphatic rings. The molecule has 2 atom stereocenters. The SMILES string of the molecule is CCCOc1ccc(C(C)c2ccc(CCC)nc2)cc1.CCCc1ccc(C(C)c2ccc(OCC)cc2)cn1. The average Bonchev–Trinajstić information content (AvgIpc) is 3.01. The number of aromatic nitrogens is 2. The van der Waals surface area contributed by atoms with Crippen molar-refractivity contribution in [3.63, 3.8) is 0 Å².